The molecule has 0 aliphatic carbocycles. The minimum absolute atomic E-state index is 0.0516. The molecule has 0 atom stereocenters. The van der Waals surface area contributed by atoms with Gasteiger partial charge in [-0.25, -0.2) is 0 Å². The van der Waals surface area contributed by atoms with Gasteiger partial charge in [0.2, 0.25) is 0 Å². The number of nitrogens with one attached hydrogen (secondary N) is 1. The number of hydrogen-bond donors (Lipinski definition) is 1. The van der Waals surface area contributed by atoms with E-state index in [0.29, 0.717) is 25.6 Å². The first kappa shape index (κ1) is 22.3. The van der Waals surface area contributed by atoms with E-state index in [2.05, 4.69) is 15.0 Å². The summed E-state index contributed by atoms with van der Waals surface area (Å²) < 4.78 is 34.4. The van der Waals surface area contributed by atoms with Crippen LogP contribution in [0.5, 0.6) is 11.5 Å². The van der Waals surface area contributed by atoms with E-state index in [1.807, 2.05) is 36.2 Å². The molecule has 0 spiro atoms. The molecule has 1 aliphatic heterocycles. The van der Waals surface area contributed by atoms with Crippen LogP contribution >= 0.6 is 0 Å². The predicted octanol–water partition coefficient (Wildman–Crippen LogP) is 3.11. The largest absolute Gasteiger partial charge is 0.482 e. The number of amides is 1. The lowest BCUT2D eigenvalue weighted by Gasteiger charge is -2.29. The molecule has 1 aliphatic rings. The molecule has 7 nitrogen and oxygen atoms in total. The number of para-hydroxylation sites is 2. The van der Waals surface area contributed by atoms with Crippen molar-refractivity contribution >= 4 is 17.6 Å². The van der Waals surface area contributed by atoms with Gasteiger partial charge in [-0.2, -0.15) is 8.78 Å². The molecule has 0 fully saturated rings. The molecule has 1 N–H and O–H groups in total. The Kier molecular flexibility index (Phi) is 7.64. The van der Waals surface area contributed by atoms with Crippen molar-refractivity contribution in [3.05, 3.63) is 54.1 Å². The molecule has 0 bridgehead atoms. The smallest absolute Gasteiger partial charge is 0.387 e. The van der Waals surface area contributed by atoms with Crippen LogP contribution in [0.2, 0.25) is 0 Å². The predicted molar refractivity (Wildman–Crippen MR) is 115 cm³/mol. The Morgan fingerprint density at radius 2 is 2.00 bits per heavy atom. The first-order valence-electron chi connectivity index (χ1n) is 9.95. The van der Waals surface area contributed by atoms with Crippen molar-refractivity contribution in [2.75, 3.05) is 38.7 Å². The number of rotatable bonds is 8. The van der Waals surface area contributed by atoms with Crippen LogP contribution in [0, 0.1) is 0 Å². The third-order valence-corrected chi connectivity index (χ3v) is 4.79. The minimum atomic E-state index is -2.84. The number of ether oxygens (including phenoxy) is 2. The average Bonchev–Trinajstić information content (AvgIpc) is 2.76. The van der Waals surface area contributed by atoms with Crippen molar-refractivity contribution in [1.29, 1.82) is 0 Å². The fourth-order valence-corrected chi connectivity index (χ4v) is 3.35. The highest BCUT2D eigenvalue weighted by atomic mass is 19.3. The molecule has 0 saturated carbocycles. The van der Waals surface area contributed by atoms with E-state index < -0.39 is 6.61 Å². The van der Waals surface area contributed by atoms with E-state index in [4.69, 9.17) is 4.74 Å². The van der Waals surface area contributed by atoms with Crippen molar-refractivity contribution in [1.82, 2.24) is 10.2 Å². The summed E-state index contributed by atoms with van der Waals surface area (Å²) >= 11 is 0. The first-order chi connectivity index (χ1) is 15.0. The molecule has 0 unspecified atom stereocenters. The van der Waals surface area contributed by atoms with Crippen LogP contribution in [0.4, 0.5) is 14.5 Å². The van der Waals surface area contributed by atoms with Gasteiger partial charge in [0, 0.05) is 33.7 Å². The SMILES string of the molecule is CN=C(NCCCN1C(=O)COc2ccccc21)N(C)Cc1ccc(OC(F)F)cc1. The van der Waals surface area contributed by atoms with Gasteiger partial charge in [-0.05, 0) is 36.2 Å². The van der Waals surface area contributed by atoms with Gasteiger partial charge in [-0.1, -0.05) is 24.3 Å². The van der Waals surface area contributed by atoms with Gasteiger partial charge in [-0.3, -0.25) is 9.79 Å². The zero-order valence-electron chi connectivity index (χ0n) is 17.6. The summed E-state index contributed by atoms with van der Waals surface area (Å²) in [7, 11) is 3.58. The minimum Gasteiger partial charge on any atom is -0.482 e. The van der Waals surface area contributed by atoms with E-state index in [9.17, 15) is 13.6 Å². The zero-order valence-corrected chi connectivity index (χ0v) is 17.6. The zero-order chi connectivity index (χ0) is 22.2. The summed E-state index contributed by atoms with van der Waals surface area (Å²) in [5.74, 6) is 1.49. The van der Waals surface area contributed by atoms with Crippen LogP contribution in [0.25, 0.3) is 0 Å². The number of alkyl halides is 2. The molecule has 0 saturated heterocycles. The Bertz CT molecular complexity index is 906. The maximum atomic E-state index is 12.3. The number of anilines is 1. The second-order valence-corrected chi connectivity index (χ2v) is 7.01. The molecule has 1 amide bonds. The number of hydrogen-bond acceptors (Lipinski definition) is 4. The third-order valence-electron chi connectivity index (χ3n) is 4.79. The van der Waals surface area contributed by atoms with Crippen LogP contribution in [0.1, 0.15) is 12.0 Å². The van der Waals surface area contributed by atoms with Crippen LogP contribution < -0.4 is 19.7 Å². The summed E-state index contributed by atoms with van der Waals surface area (Å²) in [5, 5.41) is 3.29. The summed E-state index contributed by atoms with van der Waals surface area (Å²) in [6.45, 7) is -1.04. The maximum absolute atomic E-state index is 12.3. The lowest BCUT2D eigenvalue weighted by atomic mass is 10.2. The van der Waals surface area contributed by atoms with E-state index in [-0.39, 0.29) is 18.3 Å². The lowest BCUT2D eigenvalue weighted by molar-refractivity contribution is -0.121. The molecule has 0 radical (unpaired) electrons. The van der Waals surface area contributed by atoms with Crippen molar-refractivity contribution in [3.63, 3.8) is 0 Å². The quantitative estimate of drug-likeness (QED) is 0.395. The van der Waals surface area contributed by atoms with Crippen LogP contribution in [0.15, 0.2) is 53.5 Å². The number of carbonyl (C=O) groups excluding carboxylic acids is 1. The Labute approximate surface area is 180 Å². The molecular weight excluding hydrogens is 406 g/mol. The average molecular weight is 432 g/mol. The summed E-state index contributed by atoms with van der Waals surface area (Å²) in [5.41, 5.74) is 1.72. The molecule has 2 aromatic rings. The number of halogens is 2. The number of nitrogens with zero attached hydrogens (tertiary/aromatic N) is 3. The van der Waals surface area contributed by atoms with Crippen molar-refractivity contribution in [2.45, 2.75) is 19.6 Å². The van der Waals surface area contributed by atoms with E-state index in [1.165, 1.54) is 12.1 Å². The van der Waals surface area contributed by atoms with Crippen LogP contribution in [0.3, 0.4) is 0 Å². The lowest BCUT2D eigenvalue weighted by Crippen LogP contribution is -2.42. The Morgan fingerprint density at radius 1 is 1.26 bits per heavy atom. The molecule has 1 heterocycles. The molecule has 31 heavy (non-hydrogen) atoms. The molecule has 3 rings (SSSR count). The highest BCUT2D eigenvalue weighted by Gasteiger charge is 2.24. The second-order valence-electron chi connectivity index (χ2n) is 7.01. The second kappa shape index (κ2) is 10.6. The number of benzene rings is 2. The summed E-state index contributed by atoms with van der Waals surface area (Å²) in [6.07, 6.45) is 0.729. The van der Waals surface area contributed by atoms with Gasteiger partial charge in [0.05, 0.1) is 5.69 Å². The standard InChI is InChI=1S/C22H26F2N4O3/c1-25-22(27(2)14-16-8-10-17(11-9-16)31-21(23)24)26-12-5-13-28-18-6-3-4-7-19(18)30-15-20(28)29/h3-4,6-11,21H,5,12-15H2,1-2H3,(H,25,26). The first-order valence-corrected chi connectivity index (χ1v) is 9.95. The Morgan fingerprint density at radius 3 is 2.71 bits per heavy atom. The van der Waals surface area contributed by atoms with Gasteiger partial charge in [-0.15, -0.1) is 0 Å². The topological polar surface area (TPSA) is 66.4 Å². The fraction of sp³-hybridized carbons (Fsp3) is 0.364. The number of carbonyl (C=O) groups is 1. The molecular formula is C22H26F2N4O3. The van der Waals surface area contributed by atoms with Crippen molar-refractivity contribution in [2.24, 2.45) is 4.99 Å². The third kappa shape index (κ3) is 6.07. The van der Waals surface area contributed by atoms with E-state index >= 15 is 0 Å². The maximum Gasteiger partial charge on any atom is 0.387 e. The van der Waals surface area contributed by atoms with E-state index in [1.54, 1.807) is 24.1 Å². The van der Waals surface area contributed by atoms with Crippen molar-refractivity contribution < 1.29 is 23.0 Å². The summed E-state index contributed by atoms with van der Waals surface area (Å²) in [4.78, 5) is 20.2. The van der Waals surface area contributed by atoms with Gasteiger partial charge >= 0.3 is 6.61 Å². The van der Waals surface area contributed by atoms with Gasteiger partial charge in [0.1, 0.15) is 11.5 Å². The van der Waals surface area contributed by atoms with Gasteiger partial charge < -0.3 is 24.6 Å². The Hall–Kier alpha value is -3.36. The molecule has 0 aromatic heterocycles. The highest BCUT2D eigenvalue weighted by Crippen LogP contribution is 2.31. The van der Waals surface area contributed by atoms with Gasteiger partial charge in [0.15, 0.2) is 12.6 Å². The van der Waals surface area contributed by atoms with Crippen LogP contribution in [-0.4, -0.2) is 57.2 Å². The molecule has 166 valence electrons. The molecule has 2 aromatic carbocycles. The number of fused-ring (bicyclic) bond motifs is 1. The monoisotopic (exact) mass is 432 g/mol. The van der Waals surface area contributed by atoms with E-state index in [0.717, 1.165) is 23.4 Å². The normalized spacial score (nSPS) is 13.6. The number of guanidine groups is 1. The summed E-state index contributed by atoms with van der Waals surface area (Å²) in [6, 6.07) is 14.0. The highest BCUT2D eigenvalue weighted by molar-refractivity contribution is 5.97. The number of aliphatic imine (C=N–C) groups is 1. The molecule has 9 heteroatoms. The van der Waals surface area contributed by atoms with Crippen LogP contribution in [-0.2, 0) is 11.3 Å². The fourth-order valence-electron chi connectivity index (χ4n) is 3.35. The van der Waals surface area contributed by atoms with Crippen molar-refractivity contribution in [3.8, 4) is 11.5 Å². The Balaban J connectivity index is 1.48. The van der Waals surface area contributed by atoms with Gasteiger partial charge in [0.25, 0.3) is 5.91 Å².